The fourth-order valence-corrected chi connectivity index (χ4v) is 0.923. The molecule has 0 spiro atoms. The second-order valence-corrected chi connectivity index (χ2v) is 3.06. The largest absolute Gasteiger partial charge is 0.396 e. The number of rotatable bonds is 8. The number of unbranched alkanes of at least 4 members (excludes halogenated alkanes) is 3. The first-order valence-corrected chi connectivity index (χ1v) is 4.64. The zero-order valence-electron chi connectivity index (χ0n) is 7.83. The lowest BCUT2D eigenvalue weighted by atomic mass is 10.2. The van der Waals surface area contributed by atoms with Crippen LogP contribution in [0.2, 0.25) is 0 Å². The number of hydrogen-bond donors (Lipinski definition) is 2. The number of hydrogen-bond acceptors (Lipinski definition) is 3. The summed E-state index contributed by atoms with van der Waals surface area (Å²) in [4.78, 5) is 0. The molecular weight excluding hydrogens is 156 g/mol. The van der Waals surface area contributed by atoms with Crippen LogP contribution < -0.4 is 0 Å². The van der Waals surface area contributed by atoms with Gasteiger partial charge in [0.15, 0.2) is 0 Å². The van der Waals surface area contributed by atoms with E-state index in [0.29, 0.717) is 6.61 Å². The molecule has 0 radical (unpaired) electrons. The van der Waals surface area contributed by atoms with Gasteiger partial charge in [-0.1, -0.05) is 12.8 Å². The van der Waals surface area contributed by atoms with Crippen LogP contribution in [0.5, 0.6) is 0 Å². The van der Waals surface area contributed by atoms with Gasteiger partial charge in [-0.15, -0.1) is 0 Å². The minimum absolute atomic E-state index is 0.286. The molecule has 74 valence electrons. The Balaban J connectivity index is 2.82. The van der Waals surface area contributed by atoms with Gasteiger partial charge in [0.25, 0.3) is 0 Å². The van der Waals surface area contributed by atoms with E-state index >= 15 is 0 Å². The SMILES string of the molecule is CC(O)COCCCCCCO. The number of aliphatic hydroxyl groups is 2. The van der Waals surface area contributed by atoms with Crippen LogP contribution in [0, 0.1) is 0 Å². The highest BCUT2D eigenvalue weighted by molar-refractivity contribution is 4.44. The average Bonchev–Trinajstić information content (AvgIpc) is 2.02. The Morgan fingerprint density at radius 2 is 1.83 bits per heavy atom. The molecule has 0 aromatic rings. The van der Waals surface area contributed by atoms with Gasteiger partial charge in [0.05, 0.1) is 12.7 Å². The maximum Gasteiger partial charge on any atom is 0.0745 e. The van der Waals surface area contributed by atoms with Crippen LogP contribution in [0.4, 0.5) is 0 Å². The molecule has 0 bridgehead atoms. The molecule has 0 heterocycles. The van der Waals surface area contributed by atoms with E-state index in [0.717, 1.165) is 32.3 Å². The first kappa shape index (κ1) is 11.9. The van der Waals surface area contributed by atoms with Crippen molar-refractivity contribution in [3.05, 3.63) is 0 Å². The summed E-state index contributed by atoms with van der Waals surface area (Å²) in [5.41, 5.74) is 0. The van der Waals surface area contributed by atoms with Gasteiger partial charge in [-0.05, 0) is 19.8 Å². The van der Waals surface area contributed by atoms with Crippen molar-refractivity contribution in [2.24, 2.45) is 0 Å². The van der Waals surface area contributed by atoms with Crippen molar-refractivity contribution in [3.8, 4) is 0 Å². The standard InChI is InChI=1S/C9H20O3/c1-9(11)8-12-7-5-3-2-4-6-10/h9-11H,2-8H2,1H3. The highest BCUT2D eigenvalue weighted by Gasteiger charge is 1.94. The van der Waals surface area contributed by atoms with Crippen LogP contribution in [0.25, 0.3) is 0 Å². The second-order valence-electron chi connectivity index (χ2n) is 3.06. The summed E-state index contributed by atoms with van der Waals surface area (Å²) in [5.74, 6) is 0. The van der Waals surface area contributed by atoms with Gasteiger partial charge in [-0.25, -0.2) is 0 Å². The van der Waals surface area contributed by atoms with Crippen molar-refractivity contribution >= 4 is 0 Å². The van der Waals surface area contributed by atoms with Crippen molar-refractivity contribution in [1.29, 1.82) is 0 Å². The molecule has 0 aliphatic rings. The minimum atomic E-state index is -0.359. The predicted octanol–water partition coefficient (Wildman–Crippen LogP) is 0.936. The Kier molecular flexibility index (Phi) is 8.88. The van der Waals surface area contributed by atoms with Crippen LogP contribution in [0.3, 0.4) is 0 Å². The van der Waals surface area contributed by atoms with Gasteiger partial charge >= 0.3 is 0 Å². The zero-order chi connectivity index (χ0) is 9.23. The summed E-state index contributed by atoms with van der Waals surface area (Å²) in [5, 5.41) is 17.3. The summed E-state index contributed by atoms with van der Waals surface area (Å²) in [7, 11) is 0. The number of aliphatic hydroxyl groups excluding tert-OH is 2. The van der Waals surface area contributed by atoms with E-state index in [2.05, 4.69) is 0 Å². The fourth-order valence-electron chi connectivity index (χ4n) is 0.923. The second kappa shape index (κ2) is 8.97. The van der Waals surface area contributed by atoms with E-state index in [9.17, 15) is 0 Å². The van der Waals surface area contributed by atoms with Crippen molar-refractivity contribution in [1.82, 2.24) is 0 Å². The lowest BCUT2D eigenvalue weighted by Crippen LogP contribution is -2.10. The Bertz CT molecular complexity index is 83.8. The van der Waals surface area contributed by atoms with E-state index < -0.39 is 0 Å². The third kappa shape index (κ3) is 9.88. The molecule has 0 fully saturated rings. The lowest BCUT2D eigenvalue weighted by Gasteiger charge is -2.05. The first-order valence-electron chi connectivity index (χ1n) is 4.64. The van der Waals surface area contributed by atoms with Gasteiger partial charge in [-0.2, -0.15) is 0 Å². The molecule has 0 aliphatic carbocycles. The van der Waals surface area contributed by atoms with E-state index in [1.807, 2.05) is 0 Å². The molecule has 3 heteroatoms. The highest BCUT2D eigenvalue weighted by atomic mass is 16.5. The summed E-state index contributed by atoms with van der Waals surface area (Å²) < 4.78 is 5.16. The normalized spacial score (nSPS) is 13.2. The molecule has 0 aromatic carbocycles. The maximum absolute atomic E-state index is 8.84. The molecule has 1 atom stereocenters. The van der Waals surface area contributed by atoms with Gasteiger partial charge in [0.2, 0.25) is 0 Å². The van der Waals surface area contributed by atoms with E-state index in [1.165, 1.54) is 0 Å². The summed E-state index contributed by atoms with van der Waals surface area (Å²) in [6.07, 6.45) is 3.71. The average molecular weight is 176 g/mol. The quantitative estimate of drug-likeness (QED) is 0.541. The van der Waals surface area contributed by atoms with Crippen LogP contribution >= 0.6 is 0 Å². The highest BCUT2D eigenvalue weighted by Crippen LogP contribution is 1.99. The monoisotopic (exact) mass is 176 g/mol. The molecular formula is C9H20O3. The van der Waals surface area contributed by atoms with Gasteiger partial charge < -0.3 is 14.9 Å². The molecule has 0 saturated carbocycles. The smallest absolute Gasteiger partial charge is 0.0745 e. The third-order valence-corrected chi connectivity index (χ3v) is 1.56. The van der Waals surface area contributed by atoms with Crippen molar-refractivity contribution in [2.75, 3.05) is 19.8 Å². The maximum atomic E-state index is 8.84. The molecule has 0 rings (SSSR count). The van der Waals surface area contributed by atoms with Gasteiger partial charge in [-0.3, -0.25) is 0 Å². The van der Waals surface area contributed by atoms with E-state index in [1.54, 1.807) is 6.92 Å². The van der Waals surface area contributed by atoms with Crippen molar-refractivity contribution in [2.45, 2.75) is 38.7 Å². The van der Waals surface area contributed by atoms with E-state index in [4.69, 9.17) is 14.9 Å². The summed E-state index contributed by atoms with van der Waals surface area (Å²) >= 11 is 0. The molecule has 0 amide bonds. The lowest BCUT2D eigenvalue weighted by molar-refractivity contribution is 0.0444. The first-order chi connectivity index (χ1) is 5.77. The zero-order valence-corrected chi connectivity index (χ0v) is 7.83. The Morgan fingerprint density at radius 3 is 2.42 bits per heavy atom. The summed E-state index contributed by atoms with van der Waals surface area (Å²) in [6, 6.07) is 0. The fraction of sp³-hybridized carbons (Fsp3) is 1.00. The summed E-state index contributed by atoms with van der Waals surface area (Å²) in [6.45, 7) is 3.15. The topological polar surface area (TPSA) is 49.7 Å². The Labute approximate surface area is 74.4 Å². The molecule has 0 aliphatic heterocycles. The van der Waals surface area contributed by atoms with Gasteiger partial charge in [0, 0.05) is 13.2 Å². The Hall–Kier alpha value is -0.120. The predicted molar refractivity (Wildman–Crippen MR) is 48.1 cm³/mol. The van der Waals surface area contributed by atoms with Crippen molar-refractivity contribution in [3.63, 3.8) is 0 Å². The minimum Gasteiger partial charge on any atom is -0.396 e. The van der Waals surface area contributed by atoms with Crippen LogP contribution in [0.1, 0.15) is 32.6 Å². The van der Waals surface area contributed by atoms with Crippen LogP contribution in [0.15, 0.2) is 0 Å². The molecule has 0 aromatic heterocycles. The molecule has 0 saturated heterocycles. The van der Waals surface area contributed by atoms with Crippen LogP contribution in [-0.4, -0.2) is 36.1 Å². The molecule has 3 nitrogen and oxygen atoms in total. The number of ether oxygens (including phenoxy) is 1. The Morgan fingerprint density at radius 1 is 1.17 bits per heavy atom. The third-order valence-electron chi connectivity index (χ3n) is 1.56. The van der Waals surface area contributed by atoms with E-state index in [-0.39, 0.29) is 12.7 Å². The molecule has 12 heavy (non-hydrogen) atoms. The van der Waals surface area contributed by atoms with Crippen LogP contribution in [-0.2, 0) is 4.74 Å². The molecule has 2 N–H and O–H groups in total. The van der Waals surface area contributed by atoms with Gasteiger partial charge in [0.1, 0.15) is 0 Å². The van der Waals surface area contributed by atoms with Crippen molar-refractivity contribution < 1.29 is 14.9 Å². The molecule has 1 unspecified atom stereocenters.